The summed E-state index contributed by atoms with van der Waals surface area (Å²) in [4.78, 5) is 14.1. The molecule has 1 aromatic carbocycles. The number of aromatic carboxylic acids is 1. The van der Waals surface area contributed by atoms with Crippen LogP contribution in [-0.4, -0.2) is 65.9 Å². The smallest absolute Gasteiger partial charge is 0.335 e. The van der Waals surface area contributed by atoms with Crippen LogP contribution in [-0.2, 0) is 6.54 Å². The molecule has 1 N–H and O–H groups in total. The molecule has 0 bridgehead atoms. The largest absolute Gasteiger partial charge is 0.478 e. The molecule has 0 radical (unpaired) electrons. The number of carbonyl (C=O) groups is 1. The van der Waals surface area contributed by atoms with E-state index < -0.39 is 24.9 Å². The van der Waals surface area contributed by atoms with Gasteiger partial charge in [-0.1, -0.05) is 12.1 Å². The molecule has 1 fully saturated rings. The highest BCUT2D eigenvalue weighted by Crippen LogP contribution is 2.24. The van der Waals surface area contributed by atoms with Crippen molar-refractivity contribution < 1.29 is 27.5 Å². The number of hydrogen-bond acceptors (Lipinski definition) is 3. The van der Waals surface area contributed by atoms with Gasteiger partial charge in [-0.15, -0.1) is 0 Å². The van der Waals surface area contributed by atoms with Crippen molar-refractivity contribution in [2.75, 3.05) is 32.7 Å². The number of rotatable bonds is 6. The molecule has 23 heavy (non-hydrogen) atoms. The van der Waals surface area contributed by atoms with Crippen LogP contribution in [0, 0.1) is 0 Å². The normalized spacial score (nSPS) is 17.6. The zero-order valence-corrected chi connectivity index (χ0v) is 12.4. The Morgan fingerprint density at radius 2 is 1.61 bits per heavy atom. The molecule has 4 nitrogen and oxygen atoms in total. The van der Waals surface area contributed by atoms with Crippen molar-refractivity contribution >= 4 is 5.97 Å². The van der Waals surface area contributed by atoms with Crippen LogP contribution in [0.4, 0.5) is 17.6 Å². The fourth-order valence-corrected chi connectivity index (χ4v) is 2.48. The number of carboxylic acids is 1. The number of benzene rings is 1. The second-order valence-corrected chi connectivity index (χ2v) is 5.62. The molecular formula is C15H18F4N2O2. The van der Waals surface area contributed by atoms with Gasteiger partial charge in [-0.3, -0.25) is 9.80 Å². The average Bonchev–Trinajstić information content (AvgIpc) is 2.49. The highest BCUT2D eigenvalue weighted by molar-refractivity contribution is 5.87. The number of halogens is 4. The Bertz CT molecular complexity index is 529. The van der Waals surface area contributed by atoms with Crippen molar-refractivity contribution in [3.63, 3.8) is 0 Å². The van der Waals surface area contributed by atoms with Crippen LogP contribution in [0.15, 0.2) is 24.3 Å². The van der Waals surface area contributed by atoms with E-state index in [1.807, 2.05) is 4.90 Å². The number of piperazine rings is 1. The topological polar surface area (TPSA) is 43.8 Å². The van der Waals surface area contributed by atoms with E-state index in [1.54, 1.807) is 12.1 Å². The number of carboxylic acid groups (broad SMARTS) is 1. The molecule has 1 aromatic rings. The van der Waals surface area contributed by atoms with Crippen LogP contribution in [0.5, 0.6) is 0 Å². The second-order valence-electron chi connectivity index (χ2n) is 5.62. The summed E-state index contributed by atoms with van der Waals surface area (Å²) in [6.45, 7) is 1.25. The van der Waals surface area contributed by atoms with Gasteiger partial charge in [-0.25, -0.2) is 13.6 Å². The van der Waals surface area contributed by atoms with E-state index in [-0.39, 0.29) is 5.56 Å². The summed E-state index contributed by atoms with van der Waals surface area (Å²) >= 11 is 0. The van der Waals surface area contributed by atoms with Gasteiger partial charge in [0, 0.05) is 32.7 Å². The van der Waals surface area contributed by atoms with Crippen molar-refractivity contribution in [3.05, 3.63) is 35.4 Å². The Labute approximate surface area is 131 Å². The predicted molar refractivity (Wildman–Crippen MR) is 76.1 cm³/mol. The van der Waals surface area contributed by atoms with Gasteiger partial charge in [0.2, 0.25) is 0 Å². The van der Waals surface area contributed by atoms with Crippen molar-refractivity contribution in [3.8, 4) is 0 Å². The Hall–Kier alpha value is -1.67. The van der Waals surface area contributed by atoms with E-state index in [0.29, 0.717) is 32.7 Å². The molecule has 0 amide bonds. The lowest BCUT2D eigenvalue weighted by atomic mass is 10.1. The maximum Gasteiger partial charge on any atom is 0.335 e. The maximum atomic E-state index is 13.0. The molecule has 0 aromatic heterocycles. The molecule has 128 valence electrons. The SMILES string of the molecule is O=C(O)c1ccc(CN2CCN(CC(F)(F)C(F)F)CC2)cc1. The van der Waals surface area contributed by atoms with E-state index in [9.17, 15) is 22.4 Å². The number of hydrogen-bond donors (Lipinski definition) is 1. The first-order chi connectivity index (χ1) is 10.8. The quantitative estimate of drug-likeness (QED) is 0.812. The third-order valence-corrected chi connectivity index (χ3v) is 3.83. The minimum atomic E-state index is -3.98. The van der Waals surface area contributed by atoms with E-state index >= 15 is 0 Å². The molecular weight excluding hydrogens is 316 g/mol. The standard InChI is InChI=1S/C15H18F4N2O2/c16-14(17)15(18,19)10-21-7-5-20(6-8-21)9-11-1-3-12(4-2-11)13(22)23/h1-4,14H,5-10H2,(H,22,23). The summed E-state index contributed by atoms with van der Waals surface area (Å²) in [5, 5.41) is 8.83. The predicted octanol–water partition coefficient (Wildman–Crippen LogP) is 2.40. The highest BCUT2D eigenvalue weighted by Gasteiger charge is 2.42. The zero-order chi connectivity index (χ0) is 17.0. The molecule has 1 aliphatic rings. The average molecular weight is 334 g/mol. The zero-order valence-electron chi connectivity index (χ0n) is 12.4. The summed E-state index contributed by atoms with van der Waals surface area (Å²) < 4.78 is 50.4. The lowest BCUT2D eigenvalue weighted by molar-refractivity contribution is -0.145. The van der Waals surface area contributed by atoms with Crippen LogP contribution in [0.2, 0.25) is 0 Å². The van der Waals surface area contributed by atoms with Crippen LogP contribution in [0.1, 0.15) is 15.9 Å². The molecule has 8 heteroatoms. The van der Waals surface area contributed by atoms with Gasteiger partial charge in [0.05, 0.1) is 12.1 Å². The summed E-state index contributed by atoms with van der Waals surface area (Å²) in [5.41, 5.74) is 1.12. The molecule has 2 rings (SSSR count). The third-order valence-electron chi connectivity index (χ3n) is 3.83. The van der Waals surface area contributed by atoms with Crippen molar-refractivity contribution in [1.29, 1.82) is 0 Å². The highest BCUT2D eigenvalue weighted by atomic mass is 19.3. The van der Waals surface area contributed by atoms with Crippen molar-refractivity contribution in [2.24, 2.45) is 0 Å². The first-order valence-corrected chi connectivity index (χ1v) is 7.21. The Morgan fingerprint density at radius 1 is 1.09 bits per heavy atom. The molecule has 1 aliphatic heterocycles. The molecule has 0 atom stereocenters. The molecule has 0 aliphatic carbocycles. The molecule has 1 saturated heterocycles. The molecule has 0 saturated carbocycles. The third kappa shape index (κ3) is 4.90. The monoisotopic (exact) mass is 334 g/mol. The fourth-order valence-electron chi connectivity index (χ4n) is 2.48. The summed E-state index contributed by atoms with van der Waals surface area (Å²) in [7, 11) is 0. The van der Waals surface area contributed by atoms with Crippen LogP contribution >= 0.6 is 0 Å². The maximum absolute atomic E-state index is 13.0. The van der Waals surface area contributed by atoms with Gasteiger partial charge < -0.3 is 5.11 Å². The van der Waals surface area contributed by atoms with Gasteiger partial charge in [0.1, 0.15) is 0 Å². The van der Waals surface area contributed by atoms with Crippen LogP contribution < -0.4 is 0 Å². The van der Waals surface area contributed by atoms with Crippen molar-refractivity contribution in [1.82, 2.24) is 9.80 Å². The van der Waals surface area contributed by atoms with E-state index in [0.717, 1.165) is 5.56 Å². The minimum absolute atomic E-state index is 0.202. The summed E-state index contributed by atoms with van der Waals surface area (Å²) in [6.07, 6.45) is -3.65. The first-order valence-electron chi connectivity index (χ1n) is 7.21. The summed E-state index contributed by atoms with van der Waals surface area (Å²) in [5.74, 6) is -4.97. The van der Waals surface area contributed by atoms with Crippen molar-refractivity contribution in [2.45, 2.75) is 18.9 Å². The van der Waals surface area contributed by atoms with Gasteiger partial charge in [-0.2, -0.15) is 8.78 Å². The van der Waals surface area contributed by atoms with Gasteiger partial charge in [-0.05, 0) is 17.7 Å². The number of nitrogens with zero attached hydrogens (tertiary/aromatic N) is 2. The van der Waals surface area contributed by atoms with Gasteiger partial charge >= 0.3 is 18.3 Å². The van der Waals surface area contributed by atoms with Gasteiger partial charge in [0.25, 0.3) is 0 Å². The summed E-state index contributed by atoms with van der Waals surface area (Å²) in [6, 6.07) is 6.44. The second kappa shape index (κ2) is 7.27. The molecule has 0 spiro atoms. The fraction of sp³-hybridized carbons (Fsp3) is 0.533. The lowest BCUT2D eigenvalue weighted by Crippen LogP contribution is -2.51. The first kappa shape index (κ1) is 17.7. The van der Waals surface area contributed by atoms with E-state index in [2.05, 4.69) is 0 Å². The number of alkyl halides is 4. The van der Waals surface area contributed by atoms with E-state index in [4.69, 9.17) is 5.11 Å². The Kier molecular flexibility index (Phi) is 5.59. The van der Waals surface area contributed by atoms with Crippen LogP contribution in [0.3, 0.4) is 0 Å². The molecule has 1 heterocycles. The minimum Gasteiger partial charge on any atom is -0.478 e. The van der Waals surface area contributed by atoms with E-state index in [1.165, 1.54) is 17.0 Å². The lowest BCUT2D eigenvalue weighted by Gasteiger charge is -2.36. The Morgan fingerprint density at radius 3 is 2.09 bits per heavy atom. The molecule has 0 unspecified atom stereocenters. The van der Waals surface area contributed by atoms with Gasteiger partial charge in [0.15, 0.2) is 0 Å². The Balaban J connectivity index is 1.81. The van der Waals surface area contributed by atoms with Crippen LogP contribution in [0.25, 0.3) is 0 Å².